The first-order valence-corrected chi connectivity index (χ1v) is 6.39. The molecule has 1 rings (SSSR count). The predicted octanol–water partition coefficient (Wildman–Crippen LogP) is 3.45. The second kappa shape index (κ2) is 7.40. The summed E-state index contributed by atoms with van der Waals surface area (Å²) in [6.07, 6.45) is 1.07. The minimum Gasteiger partial charge on any atom is -0.379 e. The van der Waals surface area contributed by atoms with E-state index in [-0.39, 0.29) is 0 Å². The zero-order valence-corrected chi connectivity index (χ0v) is 10.7. The maximum absolute atomic E-state index is 5.46. The van der Waals surface area contributed by atoms with Crippen LogP contribution in [0.3, 0.4) is 0 Å². The van der Waals surface area contributed by atoms with E-state index in [1.165, 1.54) is 4.88 Å². The van der Waals surface area contributed by atoms with Gasteiger partial charge in [0.2, 0.25) is 0 Å². The third kappa shape index (κ3) is 4.55. The molecule has 0 N–H and O–H groups in total. The second-order valence-electron chi connectivity index (χ2n) is 2.86. The van der Waals surface area contributed by atoms with Crippen molar-refractivity contribution in [3.05, 3.63) is 20.8 Å². The van der Waals surface area contributed by atoms with Gasteiger partial charge in [0.1, 0.15) is 0 Å². The molecule has 0 atom stereocenters. The van der Waals surface area contributed by atoms with Crippen molar-refractivity contribution in [2.24, 2.45) is 0 Å². The summed E-state index contributed by atoms with van der Waals surface area (Å²) in [7, 11) is 0. The molecule has 80 valence electrons. The molecule has 0 aromatic carbocycles. The lowest BCUT2D eigenvalue weighted by Crippen LogP contribution is -2.04. The summed E-state index contributed by atoms with van der Waals surface area (Å²) in [5.74, 6) is 0. The Morgan fingerprint density at radius 2 is 2.07 bits per heavy atom. The third-order valence-electron chi connectivity index (χ3n) is 1.64. The van der Waals surface area contributed by atoms with Crippen molar-refractivity contribution in [1.82, 2.24) is 0 Å². The van der Waals surface area contributed by atoms with E-state index in [0.717, 1.165) is 17.5 Å². The molecule has 0 aliphatic heterocycles. The first-order chi connectivity index (χ1) is 6.84. The molecule has 14 heavy (non-hydrogen) atoms. The molecule has 0 aliphatic rings. The van der Waals surface area contributed by atoms with Gasteiger partial charge in [0.05, 0.1) is 19.8 Å². The van der Waals surface area contributed by atoms with Gasteiger partial charge in [-0.2, -0.15) is 0 Å². The molecule has 0 bridgehead atoms. The van der Waals surface area contributed by atoms with Gasteiger partial charge in [-0.1, -0.05) is 6.92 Å². The maximum Gasteiger partial charge on any atom is 0.0821 e. The van der Waals surface area contributed by atoms with Gasteiger partial charge in [0, 0.05) is 16.0 Å². The predicted molar refractivity (Wildman–Crippen MR) is 62.8 cm³/mol. The first kappa shape index (κ1) is 12.2. The van der Waals surface area contributed by atoms with Gasteiger partial charge < -0.3 is 9.47 Å². The molecule has 1 aromatic rings. The van der Waals surface area contributed by atoms with Crippen LogP contribution >= 0.6 is 27.3 Å². The van der Waals surface area contributed by atoms with E-state index in [1.54, 1.807) is 11.3 Å². The summed E-state index contributed by atoms with van der Waals surface area (Å²) in [4.78, 5) is 1.24. The molecule has 0 aliphatic carbocycles. The molecule has 2 nitrogen and oxygen atoms in total. The van der Waals surface area contributed by atoms with Gasteiger partial charge >= 0.3 is 0 Å². The van der Waals surface area contributed by atoms with Crippen LogP contribution in [0, 0.1) is 0 Å². The van der Waals surface area contributed by atoms with Crippen molar-refractivity contribution in [3.63, 3.8) is 0 Å². The number of thiophene rings is 1. The van der Waals surface area contributed by atoms with Crippen LogP contribution in [0.2, 0.25) is 0 Å². The molecule has 0 saturated heterocycles. The average Bonchev–Trinajstić information content (AvgIpc) is 2.58. The molecule has 0 radical (unpaired) electrons. The number of rotatable bonds is 7. The molecule has 1 aromatic heterocycles. The summed E-state index contributed by atoms with van der Waals surface area (Å²) < 4.78 is 11.9. The van der Waals surface area contributed by atoms with Crippen molar-refractivity contribution in [2.45, 2.75) is 20.0 Å². The topological polar surface area (TPSA) is 18.5 Å². The minimum absolute atomic E-state index is 0.671. The summed E-state index contributed by atoms with van der Waals surface area (Å²) >= 11 is 5.16. The Kier molecular flexibility index (Phi) is 6.43. The van der Waals surface area contributed by atoms with E-state index in [9.17, 15) is 0 Å². The number of hydrogen-bond donors (Lipinski definition) is 0. The van der Waals surface area contributed by atoms with Crippen LogP contribution < -0.4 is 0 Å². The zero-order chi connectivity index (χ0) is 10.2. The van der Waals surface area contributed by atoms with E-state index < -0.39 is 0 Å². The summed E-state index contributed by atoms with van der Waals surface area (Å²) in [5, 5.41) is 2.05. The highest BCUT2D eigenvalue weighted by Crippen LogP contribution is 2.23. The standard InChI is InChI=1S/C10H15BrO2S/c1-2-4-12-5-6-13-8-10-9(11)3-7-14-10/h3,7H,2,4-6,8H2,1H3. The molecule has 0 spiro atoms. The van der Waals surface area contributed by atoms with Crippen molar-refractivity contribution in [3.8, 4) is 0 Å². The fraction of sp³-hybridized carbons (Fsp3) is 0.600. The van der Waals surface area contributed by atoms with Gasteiger partial charge in [0.15, 0.2) is 0 Å². The van der Waals surface area contributed by atoms with E-state index >= 15 is 0 Å². The lowest BCUT2D eigenvalue weighted by molar-refractivity contribution is 0.0416. The van der Waals surface area contributed by atoms with Crippen LogP contribution in [0.5, 0.6) is 0 Å². The zero-order valence-electron chi connectivity index (χ0n) is 8.29. The van der Waals surface area contributed by atoms with Crippen molar-refractivity contribution >= 4 is 27.3 Å². The Balaban J connectivity index is 2.02. The summed E-state index contributed by atoms with van der Waals surface area (Å²) in [6, 6.07) is 2.04. The molecular weight excluding hydrogens is 264 g/mol. The quantitative estimate of drug-likeness (QED) is 0.712. The molecule has 4 heteroatoms. The van der Waals surface area contributed by atoms with Gasteiger partial charge in [0.25, 0.3) is 0 Å². The van der Waals surface area contributed by atoms with Crippen molar-refractivity contribution < 1.29 is 9.47 Å². The smallest absolute Gasteiger partial charge is 0.0821 e. The summed E-state index contributed by atoms with van der Waals surface area (Å²) in [5.41, 5.74) is 0. The van der Waals surface area contributed by atoms with Gasteiger partial charge in [-0.25, -0.2) is 0 Å². The fourth-order valence-electron chi connectivity index (χ4n) is 0.957. The molecule has 1 heterocycles. The third-order valence-corrected chi connectivity index (χ3v) is 3.54. The van der Waals surface area contributed by atoms with E-state index in [2.05, 4.69) is 28.2 Å². The van der Waals surface area contributed by atoms with E-state index in [4.69, 9.17) is 9.47 Å². The molecule has 0 unspecified atom stereocenters. The van der Waals surface area contributed by atoms with Crippen LogP contribution in [0.15, 0.2) is 15.9 Å². The van der Waals surface area contributed by atoms with Crippen LogP contribution in [0.25, 0.3) is 0 Å². The normalized spacial score (nSPS) is 10.7. The van der Waals surface area contributed by atoms with Gasteiger partial charge in [-0.15, -0.1) is 11.3 Å². The fourth-order valence-corrected chi connectivity index (χ4v) is 2.36. The van der Waals surface area contributed by atoms with Gasteiger partial charge in [-0.3, -0.25) is 0 Å². The lowest BCUT2D eigenvalue weighted by Gasteiger charge is -2.03. The van der Waals surface area contributed by atoms with Crippen molar-refractivity contribution in [2.75, 3.05) is 19.8 Å². The highest BCUT2D eigenvalue weighted by molar-refractivity contribution is 9.10. The van der Waals surface area contributed by atoms with Crippen LogP contribution in [-0.2, 0) is 16.1 Å². The largest absolute Gasteiger partial charge is 0.379 e. The van der Waals surface area contributed by atoms with E-state index in [1.807, 2.05) is 6.07 Å². The lowest BCUT2D eigenvalue weighted by atomic mass is 10.5. The van der Waals surface area contributed by atoms with Crippen LogP contribution in [-0.4, -0.2) is 19.8 Å². The number of ether oxygens (including phenoxy) is 2. The van der Waals surface area contributed by atoms with Crippen LogP contribution in [0.4, 0.5) is 0 Å². The second-order valence-corrected chi connectivity index (χ2v) is 4.71. The molecule has 0 saturated carbocycles. The SMILES string of the molecule is CCCOCCOCc1sccc1Br. The number of halogens is 1. The Hall–Kier alpha value is 0.100. The highest BCUT2D eigenvalue weighted by atomic mass is 79.9. The Morgan fingerprint density at radius 1 is 1.29 bits per heavy atom. The Bertz CT molecular complexity index is 250. The average molecular weight is 279 g/mol. The first-order valence-electron chi connectivity index (χ1n) is 4.72. The molecule has 0 fully saturated rings. The van der Waals surface area contributed by atoms with Crippen LogP contribution in [0.1, 0.15) is 18.2 Å². The van der Waals surface area contributed by atoms with Gasteiger partial charge in [-0.05, 0) is 33.8 Å². The van der Waals surface area contributed by atoms with E-state index in [0.29, 0.717) is 19.8 Å². The highest BCUT2D eigenvalue weighted by Gasteiger charge is 2.00. The monoisotopic (exact) mass is 278 g/mol. The summed E-state index contributed by atoms with van der Waals surface area (Å²) in [6.45, 7) is 4.96. The Labute approximate surface area is 97.4 Å². The Morgan fingerprint density at radius 3 is 2.71 bits per heavy atom. The van der Waals surface area contributed by atoms with Crippen molar-refractivity contribution in [1.29, 1.82) is 0 Å². The molecule has 0 amide bonds. The molecular formula is C10H15BrO2S. The number of hydrogen-bond acceptors (Lipinski definition) is 3. The minimum atomic E-state index is 0.671. The maximum atomic E-state index is 5.46.